The fourth-order valence-electron chi connectivity index (χ4n) is 18.8. The topological polar surface area (TPSA) is 61.4 Å². The molecule has 4 unspecified atom stereocenters. The normalized spacial score (nSPS) is 29.9. The van der Waals surface area contributed by atoms with Gasteiger partial charge in [-0.3, -0.25) is 9.59 Å². The maximum Gasteiger partial charge on any atom is 0.243 e. The molecular formula is C77H107F4N3O2. The van der Waals surface area contributed by atoms with Crippen LogP contribution in [0.5, 0.6) is 0 Å². The first-order valence-corrected chi connectivity index (χ1v) is 34.5. The summed E-state index contributed by atoms with van der Waals surface area (Å²) in [4.78, 5) is 28.2. The van der Waals surface area contributed by atoms with Gasteiger partial charge in [0.15, 0.2) is 0 Å². The van der Waals surface area contributed by atoms with E-state index in [2.05, 4.69) is 88.1 Å². The zero-order chi connectivity index (χ0) is 62.1. The molecule has 3 aromatic rings. The number of benzene rings is 3. The van der Waals surface area contributed by atoms with Crippen LogP contribution in [0, 0.1) is 70.1 Å². The monoisotopic (exact) mass is 1180 g/mol. The predicted octanol–water partition coefficient (Wildman–Crippen LogP) is 20.2. The van der Waals surface area contributed by atoms with Gasteiger partial charge in [-0.2, -0.15) is 0 Å². The second-order valence-electron chi connectivity index (χ2n) is 28.7. The Kier molecular flexibility index (Phi) is 20.9. The Balaban J connectivity index is 0.00000216. The molecule has 2 heterocycles. The average molecular weight is 1180 g/mol. The van der Waals surface area contributed by atoms with E-state index in [0.717, 1.165) is 136 Å². The van der Waals surface area contributed by atoms with Gasteiger partial charge in [-0.05, 0) is 224 Å². The van der Waals surface area contributed by atoms with Crippen LogP contribution in [0.1, 0.15) is 273 Å². The van der Waals surface area contributed by atoms with E-state index in [1.807, 2.05) is 34.6 Å². The van der Waals surface area contributed by atoms with Gasteiger partial charge in [-0.1, -0.05) is 147 Å². The van der Waals surface area contributed by atoms with E-state index < -0.39 is 29.4 Å². The molecule has 0 radical (unpaired) electrons. The van der Waals surface area contributed by atoms with Gasteiger partial charge in [-0.25, -0.2) is 17.6 Å². The minimum absolute atomic E-state index is 0.0785. The average Bonchev–Trinajstić information content (AvgIpc) is 1.53. The van der Waals surface area contributed by atoms with Gasteiger partial charge in [0.25, 0.3) is 0 Å². The first-order chi connectivity index (χ1) is 41.3. The maximum atomic E-state index is 17.4. The van der Waals surface area contributed by atoms with E-state index in [1.54, 1.807) is 12.1 Å². The zero-order valence-corrected chi connectivity index (χ0v) is 54.7. The van der Waals surface area contributed by atoms with Crippen LogP contribution < -0.4 is 10.6 Å². The van der Waals surface area contributed by atoms with Gasteiger partial charge in [-0.15, -0.1) is 5.73 Å². The summed E-state index contributed by atoms with van der Waals surface area (Å²) in [5.41, 5.74) is 11.0. The Morgan fingerprint density at radius 2 is 1.43 bits per heavy atom. The third kappa shape index (κ3) is 12.7. The number of anilines is 1. The first kappa shape index (κ1) is 65.6. The number of rotatable bonds is 20. The number of halogens is 4. The van der Waals surface area contributed by atoms with E-state index in [0.29, 0.717) is 72.1 Å². The lowest BCUT2D eigenvalue weighted by Gasteiger charge is -2.48. The number of carbonyl (C=O) groups excluding carboxylic acids is 2. The molecule has 0 aromatic heterocycles. The van der Waals surface area contributed by atoms with Gasteiger partial charge in [0.05, 0.1) is 6.04 Å². The molecule has 2 N–H and O–H groups in total. The lowest BCUT2D eigenvalue weighted by atomic mass is 9.66. The summed E-state index contributed by atoms with van der Waals surface area (Å²) in [5, 5.41) is 7.02. The van der Waals surface area contributed by atoms with Crippen LogP contribution in [0.4, 0.5) is 23.2 Å². The smallest absolute Gasteiger partial charge is 0.243 e. The summed E-state index contributed by atoms with van der Waals surface area (Å²) < 4.78 is 68.4. The molecule has 14 atom stereocenters. The standard InChI is InChI=1S/C73H95F4N3O2.2C2H6/c1-11-45(71(42(6)7)78-68(82)13-3)30-48-22-17-21-47(48)29-43(8)73-40-60(73)59-37-58(62(75)38-65(59)79-73)55-26-25-54(69(55)51-33-63(76)70(64(77)34-51)46-19-15-14-16-20-46)57-31-52-39-72(10,28-27-49(52)32-61(57)74)67-35-50-23-18-24-66(50)80(67)44(9)56(41(4)5)36-53(81)12-2;2*1-2/h13,31-34,37-38,41-43,46-48,50,54-56,60,66-67,69,71,79H,1,3,9,12,14-30,35-36,39-40H2,2,4-8,10H3,(H,78,82);2*1-2H3/t43-,47-,48+,50-,54+,55+,56-,60?,66-,67-,69?,71-,72?,73?;;/m0../s1. The lowest BCUT2D eigenvalue weighted by Crippen LogP contribution is -2.49. The van der Waals surface area contributed by atoms with Crippen LogP contribution in [-0.4, -0.2) is 40.3 Å². The van der Waals surface area contributed by atoms with Gasteiger partial charge in [0, 0.05) is 59.2 Å². The number of Topliss-reactive ketones (excluding diaryl/α,β-unsaturated/α-hetero) is 1. The summed E-state index contributed by atoms with van der Waals surface area (Å²) in [6.45, 7) is 36.0. The summed E-state index contributed by atoms with van der Waals surface area (Å²) in [6, 6.07) is 11.2. The molecule has 6 fully saturated rings. The van der Waals surface area contributed by atoms with Crippen molar-refractivity contribution in [2.24, 2.45) is 46.8 Å². The number of carbonyl (C=O) groups is 2. The summed E-state index contributed by atoms with van der Waals surface area (Å²) >= 11 is 0. The molecular weight excluding hydrogens is 1070 g/mol. The molecule has 5 saturated carbocycles. The SMILES string of the molecule is C=C=C(C[C@H]1CCC[C@H]1C[C@H](C)C12CC1c1cc([C@H]3CC[C@H](c4cc5c(cc4F)CCC(C)([C@@H]4C[C@@H]6CCC[C@@H]6N4C(=C)[C@@H](CC(=O)CC)C(C)C)C5)C3c3cc(F)c(C4CCCCC4)c(F)c3)c(F)cc1N2)[C@@H](NC(=O)C=C)C(C)C.CC.CC. The van der Waals surface area contributed by atoms with Crippen LogP contribution in [0.25, 0.3) is 0 Å². The maximum absolute atomic E-state index is 17.4. The number of likely N-dealkylation sites (tertiary alicyclic amines) is 1. The fraction of sp³-hybridized carbons (Fsp3) is 0.649. The second kappa shape index (κ2) is 27.5. The third-order valence-corrected chi connectivity index (χ3v) is 23.4. The molecule has 2 aliphatic heterocycles. The number of hydrogen-bond donors (Lipinski definition) is 2. The van der Waals surface area contributed by atoms with Crippen molar-refractivity contribution in [3.8, 4) is 0 Å². The van der Waals surface area contributed by atoms with Crippen molar-refractivity contribution in [3.05, 3.63) is 141 Å². The number of aryl methyl sites for hydroxylation is 1. The number of ketones is 1. The van der Waals surface area contributed by atoms with Crippen LogP contribution in [-0.2, 0) is 22.4 Å². The molecule has 11 rings (SSSR count). The van der Waals surface area contributed by atoms with Crippen molar-refractivity contribution in [1.29, 1.82) is 0 Å². The highest BCUT2D eigenvalue weighted by molar-refractivity contribution is 5.87. The molecule has 86 heavy (non-hydrogen) atoms. The molecule has 5 nitrogen and oxygen atoms in total. The molecule has 1 amide bonds. The van der Waals surface area contributed by atoms with Gasteiger partial charge in [0.1, 0.15) is 29.1 Å². The largest absolute Gasteiger partial charge is 0.378 e. The molecule has 1 saturated heterocycles. The minimum Gasteiger partial charge on any atom is -0.378 e. The van der Waals surface area contributed by atoms with Gasteiger partial charge < -0.3 is 15.5 Å². The molecule has 3 aromatic carbocycles. The molecule has 470 valence electrons. The van der Waals surface area contributed by atoms with Gasteiger partial charge in [0.2, 0.25) is 5.91 Å². The molecule has 6 aliphatic carbocycles. The Labute approximate surface area is 516 Å². The fourth-order valence-corrected chi connectivity index (χ4v) is 18.8. The summed E-state index contributed by atoms with van der Waals surface area (Å²) in [6.07, 6.45) is 21.3. The highest BCUT2D eigenvalue weighted by atomic mass is 19.1. The summed E-state index contributed by atoms with van der Waals surface area (Å²) in [7, 11) is 0. The zero-order valence-electron chi connectivity index (χ0n) is 54.7. The number of fused-ring (bicyclic) bond motifs is 5. The van der Waals surface area contributed by atoms with Crippen molar-refractivity contribution in [2.75, 3.05) is 5.32 Å². The molecule has 8 aliphatic rings. The van der Waals surface area contributed by atoms with E-state index in [1.165, 1.54) is 31.1 Å². The Morgan fingerprint density at radius 3 is 2.07 bits per heavy atom. The Bertz CT molecular complexity index is 2980. The third-order valence-electron chi connectivity index (χ3n) is 23.4. The molecule has 9 heteroatoms. The van der Waals surface area contributed by atoms with Gasteiger partial charge >= 0.3 is 0 Å². The Hall–Kier alpha value is -4.88. The van der Waals surface area contributed by atoms with E-state index >= 15 is 17.6 Å². The Morgan fingerprint density at radius 1 is 0.779 bits per heavy atom. The quantitative estimate of drug-likeness (QED) is 0.0672. The summed E-state index contributed by atoms with van der Waals surface area (Å²) in [5.74, 6) is -0.553. The van der Waals surface area contributed by atoms with Crippen molar-refractivity contribution >= 4 is 17.4 Å². The van der Waals surface area contributed by atoms with Crippen LogP contribution in [0.2, 0.25) is 0 Å². The highest BCUT2D eigenvalue weighted by Crippen LogP contribution is 2.67. The second-order valence-corrected chi connectivity index (χ2v) is 28.7. The molecule has 0 spiro atoms. The van der Waals surface area contributed by atoms with Crippen molar-refractivity contribution < 1.29 is 27.2 Å². The van der Waals surface area contributed by atoms with E-state index in [-0.39, 0.29) is 81.5 Å². The minimum atomic E-state index is -0.558. The van der Waals surface area contributed by atoms with Crippen molar-refractivity contribution in [2.45, 2.75) is 271 Å². The number of amides is 1. The first-order valence-electron chi connectivity index (χ1n) is 34.5. The number of allylic oxidation sites excluding steroid dienone is 1. The van der Waals surface area contributed by atoms with Crippen molar-refractivity contribution in [3.63, 3.8) is 0 Å². The van der Waals surface area contributed by atoms with E-state index in [9.17, 15) is 9.59 Å². The van der Waals surface area contributed by atoms with Crippen LogP contribution in [0.15, 0.2) is 79.2 Å². The number of hydrogen-bond acceptors (Lipinski definition) is 4. The molecule has 0 bridgehead atoms. The van der Waals surface area contributed by atoms with Crippen molar-refractivity contribution in [1.82, 2.24) is 10.2 Å². The van der Waals surface area contributed by atoms with E-state index in [4.69, 9.17) is 6.58 Å². The van der Waals surface area contributed by atoms with Crippen LogP contribution in [0.3, 0.4) is 0 Å². The number of nitrogens with one attached hydrogen (secondary N) is 2. The lowest BCUT2D eigenvalue weighted by molar-refractivity contribution is -0.120. The number of nitrogens with zero attached hydrogens (tertiary/aromatic N) is 1. The van der Waals surface area contributed by atoms with Crippen LogP contribution >= 0.6 is 0 Å². The highest BCUT2D eigenvalue weighted by Gasteiger charge is 2.63. The predicted molar refractivity (Wildman–Crippen MR) is 347 cm³/mol.